The minimum absolute atomic E-state index is 0.0382. The summed E-state index contributed by atoms with van der Waals surface area (Å²) in [5.74, 6) is -0.627. The first-order valence-electron chi connectivity index (χ1n) is 6.99. The van der Waals surface area contributed by atoms with Gasteiger partial charge in [0.25, 0.3) is 0 Å². The smallest absolute Gasteiger partial charge is 0.413 e. The summed E-state index contributed by atoms with van der Waals surface area (Å²) in [5, 5.41) is 19.2. The van der Waals surface area contributed by atoms with Crippen molar-refractivity contribution in [3.63, 3.8) is 0 Å². The lowest BCUT2D eigenvalue weighted by atomic mass is 10.7. The Kier molecular flexibility index (Phi) is 7.61. The van der Waals surface area contributed by atoms with Crippen molar-refractivity contribution in [1.29, 1.82) is 0 Å². The molecule has 2 rings (SSSR count). The third kappa shape index (κ3) is 6.85. The van der Waals surface area contributed by atoms with E-state index in [1.807, 2.05) is 0 Å². The van der Waals surface area contributed by atoms with Crippen molar-refractivity contribution in [2.24, 2.45) is 0 Å². The molecule has 140 valence electrons. The minimum atomic E-state index is -0.797. The summed E-state index contributed by atoms with van der Waals surface area (Å²) >= 11 is 3.29. The molecule has 0 atom stereocenters. The van der Waals surface area contributed by atoms with Gasteiger partial charge in [-0.1, -0.05) is 34.9 Å². The molecule has 0 spiro atoms. The molecule has 0 bridgehead atoms. The number of nitrogens with two attached hydrogens (primary N) is 1. The Morgan fingerprint density at radius 3 is 2.69 bits per heavy atom. The summed E-state index contributed by atoms with van der Waals surface area (Å²) < 4.78 is 5.06. The van der Waals surface area contributed by atoms with Crippen molar-refractivity contribution < 1.29 is 19.1 Å². The van der Waals surface area contributed by atoms with E-state index < -0.39 is 12.0 Å². The van der Waals surface area contributed by atoms with Crippen LogP contribution < -0.4 is 16.4 Å². The SMILES string of the molecule is CCOC(=O)NC(=O)CSc1nnc(NC(=O)CSc2n[nH]c(N)n2)s1. The Morgan fingerprint density at radius 1 is 1.23 bits per heavy atom. The van der Waals surface area contributed by atoms with Gasteiger partial charge in [-0.05, 0) is 6.92 Å². The Morgan fingerprint density at radius 2 is 2.00 bits per heavy atom. The lowest BCUT2D eigenvalue weighted by Gasteiger charge is -2.02. The average molecular weight is 418 g/mol. The van der Waals surface area contributed by atoms with E-state index in [4.69, 9.17) is 5.73 Å². The number of aromatic nitrogens is 5. The maximum absolute atomic E-state index is 11.8. The third-order valence-corrected chi connectivity index (χ3v) is 5.13. The number of H-pyrrole nitrogens is 1. The van der Waals surface area contributed by atoms with Gasteiger partial charge in [-0.2, -0.15) is 4.98 Å². The van der Waals surface area contributed by atoms with Crippen molar-refractivity contribution in [2.75, 3.05) is 29.2 Å². The van der Waals surface area contributed by atoms with Gasteiger partial charge in [-0.3, -0.25) is 20.2 Å². The Hall–Kier alpha value is -2.39. The molecule has 0 saturated heterocycles. The molecule has 0 aliphatic rings. The van der Waals surface area contributed by atoms with Crippen LogP contribution in [-0.4, -0.2) is 61.4 Å². The normalized spacial score (nSPS) is 10.3. The van der Waals surface area contributed by atoms with Gasteiger partial charge in [0.1, 0.15) is 0 Å². The number of carbonyl (C=O) groups is 3. The molecule has 0 aliphatic carbocycles. The molecule has 2 aromatic rings. The number of nitrogen functional groups attached to an aromatic ring is 1. The fraction of sp³-hybridized carbons (Fsp3) is 0.364. The molecular weight excluding hydrogens is 404 g/mol. The second-order valence-corrected chi connectivity index (χ2v) is 7.41. The standard InChI is InChI=1S/C11H14N8O4S3/c1-2-23-10(22)14-6(21)4-25-11-19-18-9(26-11)13-5(20)3-24-8-15-7(12)16-17-8/h2-4H2,1H3,(H,13,18,20)(H,14,21,22)(H3,12,15,16,17). The number of ether oxygens (including phenoxy) is 1. The van der Waals surface area contributed by atoms with Crippen molar-refractivity contribution >= 4 is 63.8 Å². The number of hydrogen-bond donors (Lipinski definition) is 4. The summed E-state index contributed by atoms with van der Waals surface area (Å²) in [6.07, 6.45) is -0.797. The quantitative estimate of drug-likeness (QED) is 0.343. The second kappa shape index (κ2) is 9.93. The summed E-state index contributed by atoms with van der Waals surface area (Å²) in [6.45, 7) is 1.81. The number of amides is 3. The maximum Gasteiger partial charge on any atom is 0.413 e. The Labute approximate surface area is 159 Å². The third-order valence-electron chi connectivity index (χ3n) is 2.31. The summed E-state index contributed by atoms with van der Waals surface area (Å²) in [7, 11) is 0. The molecule has 0 aromatic carbocycles. The number of nitrogens with one attached hydrogen (secondary N) is 3. The number of aromatic amines is 1. The van der Waals surface area contributed by atoms with E-state index in [1.54, 1.807) is 6.92 Å². The van der Waals surface area contributed by atoms with Crippen LogP contribution in [0.2, 0.25) is 0 Å². The number of rotatable bonds is 8. The van der Waals surface area contributed by atoms with E-state index in [2.05, 4.69) is 40.7 Å². The molecule has 26 heavy (non-hydrogen) atoms. The summed E-state index contributed by atoms with van der Waals surface area (Å²) in [6, 6.07) is 0. The van der Waals surface area contributed by atoms with Gasteiger partial charge in [0.15, 0.2) is 4.34 Å². The molecule has 0 aliphatic heterocycles. The van der Waals surface area contributed by atoms with Crippen molar-refractivity contribution in [3.8, 4) is 0 Å². The molecular formula is C11H14N8O4S3. The summed E-state index contributed by atoms with van der Waals surface area (Å²) in [5.41, 5.74) is 5.39. The average Bonchev–Trinajstić information content (AvgIpc) is 3.20. The van der Waals surface area contributed by atoms with Crippen LogP contribution in [0.4, 0.5) is 15.9 Å². The monoisotopic (exact) mass is 418 g/mol. The van der Waals surface area contributed by atoms with Crippen LogP contribution in [0.15, 0.2) is 9.50 Å². The highest BCUT2D eigenvalue weighted by atomic mass is 32.2. The molecule has 0 radical (unpaired) electrons. The van der Waals surface area contributed by atoms with E-state index in [0.717, 1.165) is 34.9 Å². The van der Waals surface area contributed by atoms with Crippen molar-refractivity contribution in [3.05, 3.63) is 0 Å². The molecule has 15 heteroatoms. The number of carbonyl (C=O) groups excluding carboxylic acids is 3. The number of hydrogen-bond acceptors (Lipinski definition) is 12. The van der Waals surface area contributed by atoms with E-state index in [1.165, 1.54) is 0 Å². The fourth-order valence-electron chi connectivity index (χ4n) is 1.37. The number of imide groups is 1. The van der Waals surface area contributed by atoms with Gasteiger partial charge < -0.3 is 10.5 Å². The maximum atomic E-state index is 11.8. The predicted octanol–water partition coefficient (Wildman–Crippen LogP) is 0.334. The van der Waals surface area contributed by atoms with Crippen LogP contribution in [0.1, 0.15) is 6.92 Å². The van der Waals surface area contributed by atoms with Crippen LogP contribution in [0.25, 0.3) is 0 Å². The van der Waals surface area contributed by atoms with Gasteiger partial charge in [0, 0.05) is 0 Å². The first-order chi connectivity index (χ1) is 12.5. The number of nitrogens with zero attached hydrogens (tertiary/aromatic N) is 4. The zero-order chi connectivity index (χ0) is 18.9. The van der Waals surface area contributed by atoms with E-state index >= 15 is 0 Å². The van der Waals surface area contributed by atoms with Gasteiger partial charge in [0.2, 0.25) is 28.1 Å². The van der Waals surface area contributed by atoms with Gasteiger partial charge in [-0.25, -0.2) is 9.89 Å². The highest BCUT2D eigenvalue weighted by Gasteiger charge is 2.13. The van der Waals surface area contributed by atoms with Crippen molar-refractivity contribution in [1.82, 2.24) is 30.7 Å². The van der Waals surface area contributed by atoms with Gasteiger partial charge >= 0.3 is 6.09 Å². The van der Waals surface area contributed by atoms with Crippen LogP contribution in [0, 0.1) is 0 Å². The van der Waals surface area contributed by atoms with Crippen LogP contribution in [-0.2, 0) is 14.3 Å². The minimum Gasteiger partial charge on any atom is -0.450 e. The topological polar surface area (TPSA) is 178 Å². The lowest BCUT2D eigenvalue weighted by Crippen LogP contribution is -2.32. The van der Waals surface area contributed by atoms with Gasteiger partial charge in [0.05, 0.1) is 18.1 Å². The lowest BCUT2D eigenvalue weighted by molar-refractivity contribution is -0.118. The largest absolute Gasteiger partial charge is 0.450 e. The van der Waals surface area contributed by atoms with Crippen LogP contribution in [0.5, 0.6) is 0 Å². The second-order valence-electron chi connectivity index (χ2n) is 4.27. The first-order valence-corrected chi connectivity index (χ1v) is 9.78. The molecule has 2 heterocycles. The number of alkyl carbamates (subject to hydrolysis) is 1. The van der Waals surface area contributed by atoms with Crippen LogP contribution >= 0.6 is 34.9 Å². The zero-order valence-electron chi connectivity index (χ0n) is 13.3. The molecule has 2 aromatic heterocycles. The molecule has 3 amide bonds. The summed E-state index contributed by atoms with van der Waals surface area (Å²) in [4.78, 5) is 38.3. The highest BCUT2D eigenvalue weighted by Crippen LogP contribution is 2.25. The van der Waals surface area contributed by atoms with E-state index in [9.17, 15) is 14.4 Å². The van der Waals surface area contributed by atoms with Crippen molar-refractivity contribution in [2.45, 2.75) is 16.4 Å². The first kappa shape index (κ1) is 19.9. The van der Waals surface area contributed by atoms with E-state index in [0.29, 0.717) is 14.6 Å². The van der Waals surface area contributed by atoms with Gasteiger partial charge in [-0.15, -0.1) is 15.3 Å². The van der Waals surface area contributed by atoms with E-state index in [-0.39, 0.29) is 30.0 Å². The molecule has 5 N–H and O–H groups in total. The number of anilines is 2. The molecule has 0 saturated carbocycles. The fourth-order valence-corrected chi connectivity index (χ4v) is 3.54. The molecule has 0 fully saturated rings. The number of thioether (sulfide) groups is 2. The Balaban J connectivity index is 1.72. The highest BCUT2D eigenvalue weighted by molar-refractivity contribution is 8.01. The Bertz CT molecular complexity index is 779. The zero-order valence-corrected chi connectivity index (χ0v) is 15.8. The van der Waals surface area contributed by atoms with Crippen LogP contribution in [0.3, 0.4) is 0 Å². The molecule has 12 nitrogen and oxygen atoms in total. The predicted molar refractivity (Wildman–Crippen MR) is 95.9 cm³/mol. The molecule has 0 unspecified atom stereocenters.